The number of rotatable bonds is 3. The Hall–Kier alpha value is -3.28. The topological polar surface area (TPSA) is 63.0 Å². The van der Waals surface area contributed by atoms with Gasteiger partial charge in [-0.05, 0) is 36.2 Å². The fourth-order valence-electron chi connectivity index (χ4n) is 2.92. The third kappa shape index (κ3) is 2.61. The Morgan fingerprint density at radius 3 is 2.64 bits per heavy atom. The highest BCUT2D eigenvalue weighted by atomic mass is 19.1. The Labute approximate surface area is 142 Å². The van der Waals surface area contributed by atoms with Crippen molar-refractivity contribution in [3.8, 4) is 22.4 Å². The van der Waals surface area contributed by atoms with E-state index in [0.717, 1.165) is 22.4 Å². The Morgan fingerprint density at radius 1 is 1.16 bits per heavy atom. The van der Waals surface area contributed by atoms with Gasteiger partial charge in [-0.25, -0.2) is 13.9 Å². The van der Waals surface area contributed by atoms with Gasteiger partial charge in [0.05, 0.1) is 5.69 Å². The number of fused-ring (bicyclic) bond motifs is 1. The minimum atomic E-state index is -0.303. The lowest BCUT2D eigenvalue weighted by atomic mass is 10.0. The number of H-pyrrole nitrogens is 1. The Kier molecular flexibility index (Phi) is 3.65. The van der Waals surface area contributed by atoms with Crippen LogP contribution >= 0.6 is 0 Å². The van der Waals surface area contributed by atoms with Gasteiger partial charge in [0.25, 0.3) is 5.56 Å². The van der Waals surface area contributed by atoms with Crippen molar-refractivity contribution >= 4 is 5.65 Å². The first kappa shape index (κ1) is 15.3. The maximum atomic E-state index is 13.3. The lowest BCUT2D eigenvalue weighted by Gasteiger charge is -2.04. The molecule has 25 heavy (non-hydrogen) atoms. The maximum Gasteiger partial charge on any atom is 0.273 e. The van der Waals surface area contributed by atoms with E-state index in [1.165, 1.54) is 22.7 Å². The molecule has 0 amide bonds. The molecular weight excluding hydrogens is 319 g/mol. The molecule has 0 fully saturated rings. The van der Waals surface area contributed by atoms with Crippen molar-refractivity contribution in [1.82, 2.24) is 19.6 Å². The van der Waals surface area contributed by atoms with Gasteiger partial charge in [-0.15, -0.1) is 0 Å². The minimum absolute atomic E-state index is 0.202. The van der Waals surface area contributed by atoms with E-state index in [0.29, 0.717) is 17.8 Å². The average Bonchev–Trinajstić information content (AvgIpc) is 3.02. The third-order valence-electron chi connectivity index (χ3n) is 4.13. The summed E-state index contributed by atoms with van der Waals surface area (Å²) >= 11 is 0. The minimum Gasteiger partial charge on any atom is -0.293 e. The van der Waals surface area contributed by atoms with Gasteiger partial charge in [-0.1, -0.05) is 19.1 Å². The predicted molar refractivity (Wildman–Crippen MR) is 93.8 cm³/mol. The van der Waals surface area contributed by atoms with E-state index in [4.69, 9.17) is 0 Å². The molecule has 1 N–H and O–H groups in total. The number of benzene rings is 1. The van der Waals surface area contributed by atoms with Gasteiger partial charge in [-0.3, -0.25) is 14.9 Å². The van der Waals surface area contributed by atoms with Gasteiger partial charge in [0.1, 0.15) is 5.82 Å². The zero-order valence-electron chi connectivity index (χ0n) is 13.5. The number of hydrogen-bond acceptors (Lipinski definition) is 3. The van der Waals surface area contributed by atoms with Crippen LogP contribution < -0.4 is 5.56 Å². The van der Waals surface area contributed by atoms with E-state index in [2.05, 4.69) is 15.1 Å². The van der Waals surface area contributed by atoms with Crippen molar-refractivity contribution < 1.29 is 4.39 Å². The summed E-state index contributed by atoms with van der Waals surface area (Å²) in [6, 6.07) is 11.3. The fraction of sp³-hybridized carbons (Fsp3) is 0.105. The van der Waals surface area contributed by atoms with Crippen LogP contribution in [0.4, 0.5) is 4.39 Å². The third-order valence-corrected chi connectivity index (χ3v) is 4.13. The molecule has 0 unspecified atom stereocenters. The highest BCUT2D eigenvalue weighted by Gasteiger charge is 2.16. The quantitative estimate of drug-likeness (QED) is 0.624. The molecule has 124 valence electrons. The molecule has 3 heterocycles. The van der Waals surface area contributed by atoms with Crippen molar-refractivity contribution in [2.75, 3.05) is 0 Å². The second-order valence-electron chi connectivity index (χ2n) is 5.71. The summed E-state index contributed by atoms with van der Waals surface area (Å²) in [4.78, 5) is 21.3. The summed E-state index contributed by atoms with van der Waals surface area (Å²) in [6.45, 7) is 1.99. The van der Waals surface area contributed by atoms with Crippen LogP contribution in [0.25, 0.3) is 28.0 Å². The molecule has 1 aromatic carbocycles. The molecule has 0 atom stereocenters. The summed E-state index contributed by atoms with van der Waals surface area (Å²) in [6.07, 6.45) is 4.03. The van der Waals surface area contributed by atoms with Crippen LogP contribution in [0, 0.1) is 5.82 Å². The van der Waals surface area contributed by atoms with E-state index in [1.807, 2.05) is 13.0 Å². The smallest absolute Gasteiger partial charge is 0.273 e. The van der Waals surface area contributed by atoms with E-state index in [9.17, 15) is 9.18 Å². The predicted octanol–water partition coefficient (Wildman–Crippen LogP) is 3.45. The summed E-state index contributed by atoms with van der Waals surface area (Å²) in [5, 5.41) is 3.11. The Morgan fingerprint density at radius 2 is 1.96 bits per heavy atom. The largest absolute Gasteiger partial charge is 0.293 e. The normalized spacial score (nSPS) is 11.1. The van der Waals surface area contributed by atoms with Crippen LogP contribution in [0.2, 0.25) is 0 Å². The number of aromatic amines is 1. The Bertz CT molecular complexity index is 1100. The monoisotopic (exact) mass is 334 g/mol. The molecule has 0 saturated heterocycles. The molecule has 3 aromatic heterocycles. The highest BCUT2D eigenvalue weighted by Crippen LogP contribution is 2.28. The number of nitrogens with one attached hydrogen (secondary N) is 1. The number of halogens is 1. The lowest BCUT2D eigenvalue weighted by molar-refractivity contribution is 0.628. The molecule has 0 aliphatic rings. The van der Waals surface area contributed by atoms with Crippen LogP contribution in [0.1, 0.15) is 12.6 Å². The molecule has 0 bridgehead atoms. The van der Waals surface area contributed by atoms with Gasteiger partial charge in [0.2, 0.25) is 0 Å². The van der Waals surface area contributed by atoms with Crippen LogP contribution in [0.5, 0.6) is 0 Å². The molecule has 0 aliphatic carbocycles. The number of aromatic nitrogens is 4. The van der Waals surface area contributed by atoms with Gasteiger partial charge in [0, 0.05) is 35.3 Å². The molecule has 0 saturated carbocycles. The molecule has 0 spiro atoms. The van der Waals surface area contributed by atoms with Crippen molar-refractivity contribution in [1.29, 1.82) is 0 Å². The van der Waals surface area contributed by atoms with Crippen LogP contribution in [0.15, 0.2) is 59.7 Å². The Balaban J connectivity index is 2.02. The highest BCUT2D eigenvalue weighted by molar-refractivity contribution is 5.81. The van der Waals surface area contributed by atoms with Gasteiger partial charge in [0.15, 0.2) is 5.65 Å². The standard InChI is InChI=1S/C19H15FN4O/c1-2-15-18(12-5-7-14(20)8-6-12)19-22-16(10-17(25)24(19)23-15)13-4-3-9-21-11-13/h3-11,23H,2H2,1H3. The first-order valence-corrected chi connectivity index (χ1v) is 7.98. The number of aryl methyl sites for hydroxylation is 1. The molecule has 0 aliphatic heterocycles. The van der Waals surface area contributed by atoms with E-state index < -0.39 is 0 Å². The van der Waals surface area contributed by atoms with Gasteiger partial charge < -0.3 is 0 Å². The van der Waals surface area contributed by atoms with Crippen molar-refractivity contribution in [2.24, 2.45) is 0 Å². The van der Waals surface area contributed by atoms with Crippen molar-refractivity contribution in [3.63, 3.8) is 0 Å². The molecule has 0 radical (unpaired) electrons. The second kappa shape index (κ2) is 5.98. The summed E-state index contributed by atoms with van der Waals surface area (Å²) < 4.78 is 14.7. The van der Waals surface area contributed by atoms with Crippen molar-refractivity contribution in [2.45, 2.75) is 13.3 Å². The van der Waals surface area contributed by atoms with Crippen LogP contribution in [0.3, 0.4) is 0 Å². The lowest BCUT2D eigenvalue weighted by Crippen LogP contribution is -2.14. The zero-order valence-corrected chi connectivity index (χ0v) is 13.5. The van der Waals surface area contributed by atoms with Crippen LogP contribution in [-0.4, -0.2) is 19.6 Å². The fourth-order valence-corrected chi connectivity index (χ4v) is 2.92. The molecular formula is C19H15FN4O. The average molecular weight is 334 g/mol. The van der Waals surface area contributed by atoms with E-state index in [-0.39, 0.29) is 11.4 Å². The molecule has 4 rings (SSSR count). The number of nitrogens with zero attached hydrogens (tertiary/aromatic N) is 3. The zero-order chi connectivity index (χ0) is 17.4. The molecule has 4 aromatic rings. The number of pyridine rings is 1. The van der Waals surface area contributed by atoms with Crippen molar-refractivity contribution in [3.05, 3.63) is 76.7 Å². The van der Waals surface area contributed by atoms with E-state index in [1.54, 1.807) is 30.6 Å². The SMILES string of the molecule is CCc1[nH]n2c(=O)cc(-c3cccnc3)nc2c1-c1ccc(F)cc1. The summed E-state index contributed by atoms with van der Waals surface area (Å²) in [7, 11) is 0. The first-order valence-electron chi connectivity index (χ1n) is 7.98. The second-order valence-corrected chi connectivity index (χ2v) is 5.71. The first-order chi connectivity index (χ1) is 12.2. The maximum absolute atomic E-state index is 13.3. The van der Waals surface area contributed by atoms with Gasteiger partial charge >= 0.3 is 0 Å². The summed E-state index contributed by atoms with van der Waals surface area (Å²) in [5.41, 5.74) is 4.15. The van der Waals surface area contributed by atoms with Crippen LogP contribution in [-0.2, 0) is 6.42 Å². The molecule has 6 heteroatoms. The van der Waals surface area contributed by atoms with Gasteiger partial charge in [-0.2, -0.15) is 0 Å². The summed E-state index contributed by atoms with van der Waals surface area (Å²) in [5.74, 6) is -0.303. The number of hydrogen-bond donors (Lipinski definition) is 1. The molecule has 5 nitrogen and oxygen atoms in total. The van der Waals surface area contributed by atoms with E-state index >= 15 is 0 Å².